The lowest BCUT2D eigenvalue weighted by Crippen LogP contribution is -2.11. The van der Waals surface area contributed by atoms with Crippen LogP contribution in [0.4, 0.5) is 4.39 Å². The molecule has 0 spiro atoms. The van der Waals surface area contributed by atoms with E-state index in [2.05, 4.69) is 17.1 Å². The van der Waals surface area contributed by atoms with Crippen molar-refractivity contribution in [3.05, 3.63) is 47.3 Å². The van der Waals surface area contributed by atoms with E-state index < -0.39 is 0 Å². The third-order valence-electron chi connectivity index (χ3n) is 2.81. The van der Waals surface area contributed by atoms with E-state index in [-0.39, 0.29) is 5.82 Å². The molecule has 0 atom stereocenters. The molecule has 0 aliphatic rings. The van der Waals surface area contributed by atoms with Gasteiger partial charge in [-0.05, 0) is 24.1 Å². The Morgan fingerprint density at radius 3 is 2.44 bits per heavy atom. The zero-order valence-electron chi connectivity index (χ0n) is 10.4. The quantitative estimate of drug-likeness (QED) is 0.879. The first-order chi connectivity index (χ1) is 8.74. The number of hydrogen-bond acceptors (Lipinski definition) is 3. The lowest BCUT2D eigenvalue weighted by Gasteiger charge is -2.08. The highest BCUT2D eigenvalue weighted by Gasteiger charge is 2.10. The van der Waals surface area contributed by atoms with Crippen LogP contribution in [0.1, 0.15) is 30.6 Å². The number of hydrogen-bond donors (Lipinski definition) is 1. The van der Waals surface area contributed by atoms with Gasteiger partial charge < -0.3 is 10.3 Å². The normalized spacial score (nSPS) is 10.8. The smallest absolute Gasteiger partial charge is 0.146 e. The van der Waals surface area contributed by atoms with E-state index in [1.165, 1.54) is 12.1 Å². The molecule has 1 aromatic heterocycles. The average molecular weight is 248 g/mol. The highest BCUT2D eigenvalue weighted by molar-refractivity contribution is 5.20. The molecule has 1 heterocycles. The van der Waals surface area contributed by atoms with Crippen molar-refractivity contribution in [2.75, 3.05) is 0 Å². The molecule has 0 radical (unpaired) electrons. The van der Waals surface area contributed by atoms with Gasteiger partial charge in [-0.15, -0.1) is 10.2 Å². The first-order valence-electron chi connectivity index (χ1n) is 6.10. The minimum Gasteiger partial charge on any atom is -0.324 e. The minimum absolute atomic E-state index is 0.226. The summed E-state index contributed by atoms with van der Waals surface area (Å²) in [5.74, 6) is 1.45. The van der Waals surface area contributed by atoms with Gasteiger partial charge in [-0.1, -0.05) is 19.1 Å². The molecule has 0 bridgehead atoms. The number of rotatable bonds is 5. The first kappa shape index (κ1) is 12.7. The summed E-state index contributed by atoms with van der Waals surface area (Å²) in [6.45, 7) is 3.34. The predicted octanol–water partition coefficient (Wildman–Crippen LogP) is 1.88. The summed E-state index contributed by atoms with van der Waals surface area (Å²) in [6.07, 6.45) is 1.65. The van der Waals surface area contributed by atoms with Gasteiger partial charge in [0.15, 0.2) is 0 Å². The fourth-order valence-corrected chi connectivity index (χ4v) is 1.92. The molecular weight excluding hydrogens is 231 g/mol. The maximum Gasteiger partial charge on any atom is 0.146 e. The van der Waals surface area contributed by atoms with Gasteiger partial charge in [-0.2, -0.15) is 0 Å². The molecule has 4 nitrogen and oxygen atoms in total. The van der Waals surface area contributed by atoms with Crippen molar-refractivity contribution in [2.45, 2.75) is 32.9 Å². The molecule has 1 aromatic carbocycles. The Balaban J connectivity index is 2.22. The first-order valence-corrected chi connectivity index (χ1v) is 6.10. The van der Waals surface area contributed by atoms with Gasteiger partial charge in [0.25, 0.3) is 0 Å². The Morgan fingerprint density at radius 1 is 1.17 bits per heavy atom. The van der Waals surface area contributed by atoms with Gasteiger partial charge in [-0.3, -0.25) is 0 Å². The van der Waals surface area contributed by atoms with E-state index in [1.807, 2.05) is 4.57 Å². The molecule has 0 saturated heterocycles. The van der Waals surface area contributed by atoms with Crippen LogP contribution in [0.3, 0.4) is 0 Å². The predicted molar refractivity (Wildman–Crippen MR) is 67.4 cm³/mol. The standard InChI is InChI=1S/C13H17FN4/c1-2-7-18-12(16-17-13(18)9-15)8-10-3-5-11(14)6-4-10/h3-6H,2,7-9,15H2,1H3. The number of nitrogens with two attached hydrogens (primary N) is 1. The number of halogens is 1. The summed E-state index contributed by atoms with van der Waals surface area (Å²) >= 11 is 0. The van der Waals surface area contributed by atoms with E-state index in [0.29, 0.717) is 13.0 Å². The van der Waals surface area contributed by atoms with Gasteiger partial charge in [0.2, 0.25) is 0 Å². The van der Waals surface area contributed by atoms with Crippen molar-refractivity contribution in [3.8, 4) is 0 Å². The summed E-state index contributed by atoms with van der Waals surface area (Å²) in [5.41, 5.74) is 6.65. The summed E-state index contributed by atoms with van der Waals surface area (Å²) < 4.78 is 14.9. The van der Waals surface area contributed by atoms with Crippen LogP contribution in [0.5, 0.6) is 0 Å². The van der Waals surface area contributed by atoms with Crippen LogP contribution in [0, 0.1) is 5.82 Å². The third-order valence-corrected chi connectivity index (χ3v) is 2.81. The van der Waals surface area contributed by atoms with Crippen molar-refractivity contribution < 1.29 is 4.39 Å². The fraction of sp³-hybridized carbons (Fsp3) is 0.385. The lowest BCUT2D eigenvalue weighted by atomic mass is 10.1. The molecule has 0 amide bonds. The Hall–Kier alpha value is -1.75. The molecule has 2 rings (SSSR count). The average Bonchev–Trinajstić information content (AvgIpc) is 2.75. The van der Waals surface area contributed by atoms with Gasteiger partial charge in [0, 0.05) is 13.0 Å². The molecule has 0 saturated carbocycles. The molecule has 5 heteroatoms. The summed E-state index contributed by atoms with van der Waals surface area (Å²) in [4.78, 5) is 0. The Labute approximate surface area is 106 Å². The molecule has 18 heavy (non-hydrogen) atoms. The van der Waals surface area contributed by atoms with E-state index in [4.69, 9.17) is 5.73 Å². The van der Waals surface area contributed by atoms with Crippen molar-refractivity contribution in [1.82, 2.24) is 14.8 Å². The van der Waals surface area contributed by atoms with Gasteiger partial charge in [-0.25, -0.2) is 4.39 Å². The molecule has 0 unspecified atom stereocenters. The zero-order chi connectivity index (χ0) is 13.0. The lowest BCUT2D eigenvalue weighted by molar-refractivity contribution is 0.613. The molecular formula is C13H17FN4. The molecule has 2 N–H and O–H groups in total. The SMILES string of the molecule is CCCn1c(CN)nnc1Cc1ccc(F)cc1. The van der Waals surface area contributed by atoms with Gasteiger partial charge in [0.1, 0.15) is 17.5 Å². The van der Waals surface area contributed by atoms with Crippen molar-refractivity contribution in [1.29, 1.82) is 0 Å². The molecule has 2 aromatic rings. The fourth-order valence-electron chi connectivity index (χ4n) is 1.92. The van der Waals surface area contributed by atoms with Crippen LogP contribution < -0.4 is 5.73 Å². The molecule has 96 valence electrons. The van der Waals surface area contributed by atoms with Crippen LogP contribution in [0.15, 0.2) is 24.3 Å². The minimum atomic E-state index is -0.226. The summed E-state index contributed by atoms with van der Waals surface area (Å²) in [7, 11) is 0. The van der Waals surface area contributed by atoms with Crippen LogP contribution in [0.25, 0.3) is 0 Å². The maximum absolute atomic E-state index is 12.8. The monoisotopic (exact) mass is 248 g/mol. The van der Waals surface area contributed by atoms with Gasteiger partial charge in [0.05, 0.1) is 6.54 Å². The van der Waals surface area contributed by atoms with Crippen LogP contribution >= 0.6 is 0 Å². The van der Waals surface area contributed by atoms with Crippen molar-refractivity contribution >= 4 is 0 Å². The highest BCUT2D eigenvalue weighted by Crippen LogP contribution is 2.11. The largest absolute Gasteiger partial charge is 0.324 e. The van der Waals surface area contributed by atoms with Crippen LogP contribution in [-0.4, -0.2) is 14.8 Å². The Morgan fingerprint density at radius 2 is 1.83 bits per heavy atom. The highest BCUT2D eigenvalue weighted by atomic mass is 19.1. The number of nitrogens with zero attached hydrogens (tertiary/aromatic N) is 3. The van der Waals surface area contributed by atoms with E-state index >= 15 is 0 Å². The topological polar surface area (TPSA) is 56.7 Å². The zero-order valence-corrected chi connectivity index (χ0v) is 10.4. The summed E-state index contributed by atoms with van der Waals surface area (Å²) in [6, 6.07) is 6.45. The second-order valence-corrected chi connectivity index (χ2v) is 4.19. The van der Waals surface area contributed by atoms with Crippen molar-refractivity contribution in [2.24, 2.45) is 5.73 Å². The second kappa shape index (κ2) is 5.73. The van der Waals surface area contributed by atoms with Crippen LogP contribution in [0.2, 0.25) is 0 Å². The number of aromatic nitrogens is 3. The second-order valence-electron chi connectivity index (χ2n) is 4.19. The number of benzene rings is 1. The van der Waals surface area contributed by atoms with Crippen LogP contribution in [-0.2, 0) is 19.5 Å². The maximum atomic E-state index is 12.8. The molecule has 0 aliphatic heterocycles. The van der Waals surface area contributed by atoms with Gasteiger partial charge >= 0.3 is 0 Å². The molecule has 0 aliphatic carbocycles. The van der Waals surface area contributed by atoms with E-state index in [0.717, 1.165) is 30.2 Å². The van der Waals surface area contributed by atoms with E-state index in [1.54, 1.807) is 12.1 Å². The Kier molecular flexibility index (Phi) is 4.04. The van der Waals surface area contributed by atoms with Crippen molar-refractivity contribution in [3.63, 3.8) is 0 Å². The molecule has 0 fully saturated rings. The Bertz CT molecular complexity index is 504. The van der Waals surface area contributed by atoms with E-state index in [9.17, 15) is 4.39 Å². The third kappa shape index (κ3) is 2.73. The summed E-state index contributed by atoms with van der Waals surface area (Å²) in [5, 5.41) is 8.24.